The lowest BCUT2D eigenvalue weighted by Gasteiger charge is -2.31. The van der Waals surface area contributed by atoms with Crippen LogP contribution in [0.2, 0.25) is 0 Å². The molecule has 15 heteroatoms. The third-order valence-electron chi connectivity index (χ3n) is 6.86. The average Bonchev–Trinajstić information content (AvgIpc) is 2.94. The molecule has 2 aromatic rings. The van der Waals surface area contributed by atoms with Crippen LogP contribution in [0.25, 0.3) is 6.08 Å². The number of phenols is 1. The summed E-state index contributed by atoms with van der Waals surface area (Å²) in [7, 11) is 0. The topological polar surface area (TPSA) is 193 Å². The van der Waals surface area contributed by atoms with Gasteiger partial charge in [0.1, 0.15) is 23.2 Å². The molecular formula is C29H33F3N6O6. The number of hydrogen-bond donors (Lipinski definition) is 6. The summed E-state index contributed by atoms with van der Waals surface area (Å²) in [6.45, 7) is 2.61. The lowest BCUT2D eigenvalue weighted by molar-refractivity contribution is -0.145. The number of alkyl halides is 3. The van der Waals surface area contributed by atoms with Gasteiger partial charge in [-0.25, -0.2) is 9.59 Å². The average molecular weight is 619 g/mol. The van der Waals surface area contributed by atoms with Gasteiger partial charge in [-0.3, -0.25) is 20.1 Å². The lowest BCUT2D eigenvalue weighted by Crippen LogP contribution is -2.49. The monoisotopic (exact) mass is 618 g/mol. The van der Waals surface area contributed by atoms with Crippen molar-refractivity contribution in [3.8, 4) is 5.75 Å². The molecule has 1 fully saturated rings. The Morgan fingerprint density at radius 2 is 1.84 bits per heavy atom. The van der Waals surface area contributed by atoms with Crippen molar-refractivity contribution >= 4 is 41.4 Å². The molecule has 0 aliphatic carbocycles. The van der Waals surface area contributed by atoms with Gasteiger partial charge in [0.2, 0.25) is 0 Å². The fourth-order valence-corrected chi connectivity index (χ4v) is 4.63. The van der Waals surface area contributed by atoms with Crippen molar-refractivity contribution in [1.82, 2.24) is 10.2 Å². The fourth-order valence-electron chi connectivity index (χ4n) is 4.63. The van der Waals surface area contributed by atoms with E-state index in [0.29, 0.717) is 40.8 Å². The van der Waals surface area contributed by atoms with Gasteiger partial charge in [-0.05, 0) is 43.5 Å². The Kier molecular flexibility index (Phi) is 10.9. The van der Waals surface area contributed by atoms with Crippen molar-refractivity contribution < 1.29 is 42.9 Å². The van der Waals surface area contributed by atoms with Gasteiger partial charge in [0.25, 0.3) is 0 Å². The summed E-state index contributed by atoms with van der Waals surface area (Å²) in [6.07, 6.45) is -1.79. The van der Waals surface area contributed by atoms with Gasteiger partial charge in [0, 0.05) is 25.2 Å². The normalized spacial score (nSPS) is 15.2. The van der Waals surface area contributed by atoms with Crippen LogP contribution in [-0.2, 0) is 15.8 Å². The Labute approximate surface area is 250 Å². The van der Waals surface area contributed by atoms with Crippen LogP contribution >= 0.6 is 0 Å². The van der Waals surface area contributed by atoms with Crippen LogP contribution in [0.3, 0.4) is 0 Å². The third-order valence-corrected chi connectivity index (χ3v) is 6.86. The number of urea groups is 1. The van der Waals surface area contributed by atoms with E-state index in [2.05, 4.69) is 4.99 Å². The van der Waals surface area contributed by atoms with E-state index < -0.39 is 60.2 Å². The number of likely N-dealkylation sites (tertiary alicyclic amines) is 1. The minimum atomic E-state index is -5.09. The maximum Gasteiger partial charge on any atom is 0.421 e. The molecule has 1 heterocycles. The molecule has 7 N–H and O–H groups in total. The number of amidine groups is 2. The quantitative estimate of drug-likeness (QED) is 0.171. The highest BCUT2D eigenvalue weighted by molar-refractivity contribution is 5.98. The van der Waals surface area contributed by atoms with Crippen molar-refractivity contribution in [2.75, 3.05) is 24.5 Å². The maximum absolute atomic E-state index is 13.9. The number of carboxylic acids is 2. The van der Waals surface area contributed by atoms with E-state index in [1.54, 1.807) is 31.2 Å². The van der Waals surface area contributed by atoms with Crippen LogP contribution in [0.5, 0.6) is 5.75 Å². The van der Waals surface area contributed by atoms with E-state index in [-0.39, 0.29) is 6.04 Å². The molecule has 0 radical (unpaired) electrons. The highest BCUT2D eigenvalue weighted by Crippen LogP contribution is 2.42. The van der Waals surface area contributed by atoms with Crippen LogP contribution in [0.15, 0.2) is 53.5 Å². The molecule has 0 spiro atoms. The van der Waals surface area contributed by atoms with Crippen LogP contribution in [-0.4, -0.2) is 81.6 Å². The molecule has 1 saturated heterocycles. The van der Waals surface area contributed by atoms with Crippen LogP contribution in [0.1, 0.15) is 42.9 Å². The van der Waals surface area contributed by atoms with E-state index in [1.807, 2.05) is 10.2 Å². The molecule has 1 aliphatic heterocycles. The smallest absolute Gasteiger partial charge is 0.421 e. The summed E-state index contributed by atoms with van der Waals surface area (Å²) >= 11 is 0. The molecule has 2 amide bonds. The highest BCUT2D eigenvalue weighted by Gasteiger charge is 2.39. The van der Waals surface area contributed by atoms with Gasteiger partial charge in [0.05, 0.1) is 24.0 Å². The molecule has 44 heavy (non-hydrogen) atoms. The molecule has 1 aliphatic rings. The summed E-state index contributed by atoms with van der Waals surface area (Å²) in [5.74, 6) is -3.62. The molecular weight excluding hydrogens is 585 g/mol. The second-order valence-electron chi connectivity index (χ2n) is 10.1. The molecule has 1 atom stereocenters. The second-order valence-corrected chi connectivity index (χ2v) is 10.1. The van der Waals surface area contributed by atoms with Gasteiger partial charge in [-0.15, -0.1) is 0 Å². The molecule has 0 saturated carbocycles. The number of carboxylic acid groups (broad SMARTS) is 2. The van der Waals surface area contributed by atoms with Crippen molar-refractivity contribution in [2.24, 2.45) is 10.7 Å². The van der Waals surface area contributed by atoms with Gasteiger partial charge in [-0.1, -0.05) is 36.4 Å². The molecule has 1 unspecified atom stereocenters. The van der Waals surface area contributed by atoms with E-state index in [1.165, 1.54) is 12.2 Å². The van der Waals surface area contributed by atoms with Gasteiger partial charge >= 0.3 is 24.1 Å². The fraction of sp³-hybridized carbons (Fsp3) is 0.345. The Balaban J connectivity index is 1.86. The van der Waals surface area contributed by atoms with Gasteiger partial charge < -0.3 is 31.3 Å². The summed E-state index contributed by atoms with van der Waals surface area (Å²) < 4.78 is 41.6. The number of aliphatic carboxylic acids is 2. The number of piperidine rings is 1. The van der Waals surface area contributed by atoms with Crippen LogP contribution < -0.4 is 16.0 Å². The Bertz CT molecular complexity index is 1450. The minimum absolute atomic E-state index is 0.0160. The number of nitrogens with two attached hydrogens (primary N) is 1. The van der Waals surface area contributed by atoms with Gasteiger partial charge in [-0.2, -0.15) is 13.2 Å². The molecule has 0 aromatic heterocycles. The first kappa shape index (κ1) is 33.4. The highest BCUT2D eigenvalue weighted by atomic mass is 19.4. The summed E-state index contributed by atoms with van der Waals surface area (Å²) in [4.78, 5) is 42.8. The number of carbonyl (C=O) groups excluding carboxylic acids is 1. The van der Waals surface area contributed by atoms with E-state index in [0.717, 1.165) is 31.0 Å². The summed E-state index contributed by atoms with van der Waals surface area (Å²) in [6, 6.07) is 6.34. The van der Waals surface area contributed by atoms with Gasteiger partial charge in [0.15, 0.2) is 0 Å². The first-order valence-electron chi connectivity index (χ1n) is 13.5. The molecule has 236 valence electrons. The lowest BCUT2D eigenvalue weighted by atomic mass is 10.0. The van der Waals surface area contributed by atoms with Crippen LogP contribution in [0, 0.1) is 5.41 Å². The molecule has 3 rings (SSSR count). The minimum Gasteiger partial charge on any atom is -0.507 e. The third kappa shape index (κ3) is 8.96. The molecule has 2 aromatic carbocycles. The maximum atomic E-state index is 13.9. The number of nitrogens with one attached hydrogen (secondary N) is 2. The number of halogens is 3. The Hall–Kier alpha value is -5.08. The number of anilines is 1. The number of rotatable bonds is 10. The zero-order valence-electron chi connectivity index (χ0n) is 23.7. The zero-order valence-corrected chi connectivity index (χ0v) is 23.7. The predicted octanol–water partition coefficient (Wildman–Crippen LogP) is 3.74. The molecule has 12 nitrogen and oxygen atoms in total. The zero-order chi connectivity index (χ0) is 32.6. The standard InChI is InChI=1S/C29H33F3N6O6/c1-17(33)37-13-10-20(11-14-37)35-26(34)19-7-2-5-18(15-19)6-4-12-38(28(44)36-21(27(42)43)16-24(40)41)22-8-3-9-23(39)25(22)29(30,31)32/h2-9,15,20-21,33,39H,10-14,16H2,1H3,(H2,34,35)(H,36,44)(H,40,41)(H,42,43)/b6-4+,33-17?. The Morgan fingerprint density at radius 1 is 1.18 bits per heavy atom. The number of nitrogens with zero attached hydrogens (tertiary/aromatic N) is 3. The SMILES string of the molecule is CC(=N)N1CCC(N=C(N)c2cccc(/C=C/CN(C(=O)NC(CC(=O)O)C(=O)O)c3cccc(O)c3C(F)(F)F)c2)CC1. The van der Waals surface area contributed by atoms with E-state index in [4.69, 9.17) is 16.2 Å². The van der Waals surface area contributed by atoms with E-state index in [9.17, 15) is 37.8 Å². The number of aromatic hydroxyl groups is 1. The largest absolute Gasteiger partial charge is 0.507 e. The van der Waals surface area contributed by atoms with Crippen molar-refractivity contribution in [2.45, 2.75) is 44.4 Å². The summed E-state index contributed by atoms with van der Waals surface area (Å²) in [5, 5.41) is 38.0. The number of phenolic OH excluding ortho intramolecular Hbond substituents is 1. The first-order valence-corrected chi connectivity index (χ1v) is 13.5. The number of carbonyl (C=O) groups is 3. The number of aliphatic imine (C=N–C) groups is 1. The molecule has 0 bridgehead atoms. The number of benzene rings is 2. The number of hydrogen-bond acceptors (Lipinski definition) is 6. The van der Waals surface area contributed by atoms with Crippen molar-refractivity contribution in [1.29, 1.82) is 5.41 Å². The Morgan fingerprint density at radius 3 is 2.43 bits per heavy atom. The van der Waals surface area contributed by atoms with Crippen LogP contribution in [0.4, 0.5) is 23.7 Å². The van der Waals surface area contributed by atoms with Crippen molar-refractivity contribution in [3.05, 3.63) is 65.2 Å². The summed E-state index contributed by atoms with van der Waals surface area (Å²) in [5.41, 5.74) is 5.11. The van der Waals surface area contributed by atoms with Crippen molar-refractivity contribution in [3.63, 3.8) is 0 Å². The second kappa shape index (κ2) is 14.4. The van der Waals surface area contributed by atoms with E-state index >= 15 is 0 Å². The first-order chi connectivity index (χ1) is 20.7. The predicted molar refractivity (Wildman–Crippen MR) is 157 cm³/mol. The number of amides is 2.